The van der Waals surface area contributed by atoms with Gasteiger partial charge in [-0.2, -0.15) is 0 Å². The molecule has 82 valence electrons. The molecule has 0 aromatic heterocycles. The van der Waals surface area contributed by atoms with Gasteiger partial charge in [-0.15, -0.1) is 0 Å². The molecule has 2 heteroatoms. The first-order valence-corrected chi connectivity index (χ1v) is 6.22. The third kappa shape index (κ3) is 1.82. The Morgan fingerprint density at radius 1 is 1.36 bits per heavy atom. The molecule has 0 aromatic rings. The lowest BCUT2D eigenvalue weighted by molar-refractivity contribution is 0.0320. The lowest BCUT2D eigenvalue weighted by atomic mass is 10.0. The van der Waals surface area contributed by atoms with Crippen LogP contribution in [0.25, 0.3) is 0 Å². The van der Waals surface area contributed by atoms with Crippen molar-refractivity contribution < 1.29 is 0 Å². The Labute approximate surface area is 88.3 Å². The van der Waals surface area contributed by atoms with E-state index in [9.17, 15) is 0 Å². The second-order valence-electron chi connectivity index (χ2n) is 5.09. The maximum Gasteiger partial charge on any atom is 0.0224 e. The molecule has 2 nitrogen and oxygen atoms in total. The van der Waals surface area contributed by atoms with Gasteiger partial charge in [-0.3, -0.25) is 9.80 Å². The van der Waals surface area contributed by atoms with E-state index >= 15 is 0 Å². The molecule has 2 fully saturated rings. The van der Waals surface area contributed by atoms with Gasteiger partial charge in [-0.25, -0.2) is 0 Å². The van der Waals surface area contributed by atoms with Crippen LogP contribution in [0.3, 0.4) is 0 Å². The van der Waals surface area contributed by atoms with Gasteiger partial charge in [0.25, 0.3) is 0 Å². The second-order valence-corrected chi connectivity index (χ2v) is 5.09. The quantitative estimate of drug-likeness (QED) is 0.666. The molecule has 0 aliphatic carbocycles. The molecule has 2 saturated heterocycles. The molecule has 3 atom stereocenters. The van der Waals surface area contributed by atoms with Crippen molar-refractivity contribution in [3.05, 3.63) is 0 Å². The summed E-state index contributed by atoms with van der Waals surface area (Å²) in [5.74, 6) is 0. The summed E-state index contributed by atoms with van der Waals surface area (Å²) in [4.78, 5) is 5.41. The van der Waals surface area contributed by atoms with Crippen LogP contribution in [0.5, 0.6) is 0 Å². The van der Waals surface area contributed by atoms with E-state index in [4.69, 9.17) is 0 Å². The zero-order valence-corrected chi connectivity index (χ0v) is 9.87. The fourth-order valence-corrected chi connectivity index (χ4v) is 3.06. The van der Waals surface area contributed by atoms with E-state index in [1.807, 2.05) is 0 Å². The van der Waals surface area contributed by atoms with E-state index in [0.717, 1.165) is 18.1 Å². The zero-order chi connectivity index (χ0) is 10.1. The topological polar surface area (TPSA) is 6.48 Å². The summed E-state index contributed by atoms with van der Waals surface area (Å²) >= 11 is 0. The molecule has 0 aromatic carbocycles. The van der Waals surface area contributed by atoms with E-state index in [0.29, 0.717) is 0 Å². The molecule has 0 spiro atoms. The first kappa shape index (κ1) is 10.4. The van der Waals surface area contributed by atoms with Crippen LogP contribution >= 0.6 is 0 Å². The lowest BCUT2D eigenvalue weighted by Crippen LogP contribution is -2.57. The van der Waals surface area contributed by atoms with Gasteiger partial charge in [0.05, 0.1) is 0 Å². The van der Waals surface area contributed by atoms with Crippen molar-refractivity contribution in [2.45, 2.75) is 58.2 Å². The van der Waals surface area contributed by atoms with Crippen LogP contribution in [0, 0.1) is 0 Å². The number of rotatable bonds is 2. The highest BCUT2D eigenvalue weighted by molar-refractivity contribution is 4.91. The summed E-state index contributed by atoms with van der Waals surface area (Å²) < 4.78 is 0. The Kier molecular flexibility index (Phi) is 3.13. The molecular weight excluding hydrogens is 172 g/mol. The third-order valence-electron chi connectivity index (χ3n) is 4.14. The predicted octanol–water partition coefficient (Wildman–Crippen LogP) is 1.95. The number of hydrogen-bond donors (Lipinski definition) is 0. The van der Waals surface area contributed by atoms with Gasteiger partial charge in [0, 0.05) is 31.2 Å². The fraction of sp³-hybridized carbons (Fsp3) is 1.00. The highest BCUT2D eigenvalue weighted by atomic mass is 15.3. The Morgan fingerprint density at radius 3 is 2.86 bits per heavy atom. The van der Waals surface area contributed by atoms with E-state index in [2.05, 4.69) is 30.6 Å². The summed E-state index contributed by atoms with van der Waals surface area (Å²) in [5, 5.41) is 0. The summed E-state index contributed by atoms with van der Waals surface area (Å²) in [5.41, 5.74) is 0. The van der Waals surface area contributed by atoms with Crippen molar-refractivity contribution in [1.82, 2.24) is 9.80 Å². The van der Waals surface area contributed by atoms with Crippen molar-refractivity contribution in [1.29, 1.82) is 0 Å². The van der Waals surface area contributed by atoms with Gasteiger partial charge in [0.15, 0.2) is 0 Å². The van der Waals surface area contributed by atoms with Crippen molar-refractivity contribution in [2.24, 2.45) is 0 Å². The SMILES string of the molecule is CCC(C)N1CC2CCCN2CC1C. The number of fused-ring (bicyclic) bond motifs is 1. The minimum absolute atomic E-state index is 0.763. The van der Waals surface area contributed by atoms with Crippen LogP contribution in [0.1, 0.15) is 40.0 Å². The molecule has 0 saturated carbocycles. The smallest absolute Gasteiger partial charge is 0.0224 e. The highest BCUT2D eigenvalue weighted by Crippen LogP contribution is 2.26. The van der Waals surface area contributed by atoms with Gasteiger partial charge in [-0.1, -0.05) is 6.92 Å². The minimum atomic E-state index is 0.763. The summed E-state index contributed by atoms with van der Waals surface area (Å²) in [7, 11) is 0. The van der Waals surface area contributed by atoms with Gasteiger partial charge >= 0.3 is 0 Å². The van der Waals surface area contributed by atoms with E-state index in [1.165, 1.54) is 38.9 Å². The molecule has 3 unspecified atom stereocenters. The van der Waals surface area contributed by atoms with Crippen molar-refractivity contribution >= 4 is 0 Å². The second kappa shape index (κ2) is 4.19. The van der Waals surface area contributed by atoms with Crippen molar-refractivity contribution in [2.75, 3.05) is 19.6 Å². The molecule has 0 N–H and O–H groups in total. The van der Waals surface area contributed by atoms with Gasteiger partial charge in [-0.05, 0) is 39.7 Å². The third-order valence-corrected chi connectivity index (χ3v) is 4.14. The van der Waals surface area contributed by atoms with Gasteiger partial charge < -0.3 is 0 Å². The van der Waals surface area contributed by atoms with Crippen LogP contribution in [-0.2, 0) is 0 Å². The molecule has 2 aliphatic heterocycles. The summed E-state index contributed by atoms with van der Waals surface area (Å²) in [6.07, 6.45) is 4.14. The maximum absolute atomic E-state index is 2.71. The maximum atomic E-state index is 2.71. The Balaban J connectivity index is 1.99. The van der Waals surface area contributed by atoms with Crippen molar-refractivity contribution in [3.8, 4) is 0 Å². The molecule has 2 aliphatic rings. The summed E-state index contributed by atoms with van der Waals surface area (Å²) in [6, 6.07) is 2.41. The predicted molar refractivity (Wildman–Crippen MR) is 60.5 cm³/mol. The van der Waals surface area contributed by atoms with E-state index < -0.39 is 0 Å². The molecule has 0 radical (unpaired) electrons. The van der Waals surface area contributed by atoms with Gasteiger partial charge in [0.1, 0.15) is 0 Å². The largest absolute Gasteiger partial charge is 0.298 e. The summed E-state index contributed by atoms with van der Waals surface area (Å²) in [6.45, 7) is 11.0. The zero-order valence-electron chi connectivity index (χ0n) is 9.87. The van der Waals surface area contributed by atoms with Crippen LogP contribution in [0.15, 0.2) is 0 Å². The number of nitrogens with zero attached hydrogens (tertiary/aromatic N) is 2. The normalized spacial score (nSPS) is 37.1. The Morgan fingerprint density at radius 2 is 2.14 bits per heavy atom. The van der Waals surface area contributed by atoms with Gasteiger partial charge in [0.2, 0.25) is 0 Å². The monoisotopic (exact) mass is 196 g/mol. The molecule has 14 heavy (non-hydrogen) atoms. The van der Waals surface area contributed by atoms with Crippen LogP contribution in [-0.4, -0.2) is 47.6 Å². The fourth-order valence-electron chi connectivity index (χ4n) is 3.06. The molecular formula is C12H24N2. The van der Waals surface area contributed by atoms with Crippen molar-refractivity contribution in [3.63, 3.8) is 0 Å². The number of piperazine rings is 1. The first-order valence-electron chi connectivity index (χ1n) is 6.22. The Bertz CT molecular complexity index is 193. The number of hydrogen-bond acceptors (Lipinski definition) is 2. The lowest BCUT2D eigenvalue weighted by Gasteiger charge is -2.45. The molecule has 0 amide bonds. The molecule has 2 rings (SSSR count). The standard InChI is InChI=1S/C12H24N2/c1-4-10(2)14-9-12-6-5-7-13(12)8-11(14)3/h10-12H,4-9H2,1-3H3. The van der Waals surface area contributed by atoms with E-state index in [-0.39, 0.29) is 0 Å². The Hall–Kier alpha value is -0.0800. The minimum Gasteiger partial charge on any atom is -0.298 e. The first-order chi connectivity index (χ1) is 6.72. The molecule has 2 heterocycles. The van der Waals surface area contributed by atoms with Crippen LogP contribution in [0.2, 0.25) is 0 Å². The molecule has 0 bridgehead atoms. The highest BCUT2D eigenvalue weighted by Gasteiger charge is 2.35. The van der Waals surface area contributed by atoms with Crippen LogP contribution in [0.4, 0.5) is 0 Å². The average molecular weight is 196 g/mol. The van der Waals surface area contributed by atoms with Crippen LogP contribution < -0.4 is 0 Å². The van der Waals surface area contributed by atoms with E-state index in [1.54, 1.807) is 0 Å². The average Bonchev–Trinajstić information content (AvgIpc) is 2.62.